The van der Waals surface area contributed by atoms with E-state index in [0.29, 0.717) is 17.7 Å². The molecular formula is C14H18N2O4. The summed E-state index contributed by atoms with van der Waals surface area (Å²) in [5.41, 5.74) is 0.741. The lowest BCUT2D eigenvalue weighted by molar-refractivity contribution is -0.120. The Labute approximate surface area is 117 Å². The number of ether oxygens (including phenoxy) is 1. The van der Waals surface area contributed by atoms with E-state index in [2.05, 4.69) is 15.4 Å². The molecule has 2 N–H and O–H groups in total. The standard InChI is InChI=1S/C14H18N2O4/c1-3-8-15-12(17)9-16-13(18)10-4-6-11(7-5-10)14(19)20-2/h4-7H,3,8-9H2,1-2H3,(H,15,17)(H,16,18). The summed E-state index contributed by atoms with van der Waals surface area (Å²) in [6.45, 7) is 2.46. The molecule has 6 nitrogen and oxygen atoms in total. The summed E-state index contributed by atoms with van der Waals surface area (Å²) in [6, 6.07) is 6.01. The fourth-order valence-electron chi connectivity index (χ4n) is 1.47. The Balaban J connectivity index is 2.51. The van der Waals surface area contributed by atoms with Crippen molar-refractivity contribution >= 4 is 17.8 Å². The van der Waals surface area contributed by atoms with Gasteiger partial charge < -0.3 is 15.4 Å². The van der Waals surface area contributed by atoms with Crippen LogP contribution < -0.4 is 10.6 Å². The number of esters is 1. The third kappa shape index (κ3) is 4.72. The normalized spacial score (nSPS) is 9.70. The average molecular weight is 278 g/mol. The molecule has 0 saturated carbocycles. The number of carbonyl (C=O) groups excluding carboxylic acids is 3. The topological polar surface area (TPSA) is 84.5 Å². The summed E-state index contributed by atoms with van der Waals surface area (Å²) in [6.07, 6.45) is 0.842. The largest absolute Gasteiger partial charge is 0.465 e. The van der Waals surface area contributed by atoms with E-state index in [1.165, 1.54) is 31.4 Å². The Morgan fingerprint density at radius 2 is 1.65 bits per heavy atom. The minimum atomic E-state index is -0.462. The Kier molecular flexibility index (Phi) is 6.22. The first-order valence-electron chi connectivity index (χ1n) is 6.31. The van der Waals surface area contributed by atoms with E-state index in [1.807, 2.05) is 6.92 Å². The SMILES string of the molecule is CCCNC(=O)CNC(=O)c1ccc(C(=O)OC)cc1. The van der Waals surface area contributed by atoms with E-state index in [0.717, 1.165) is 6.42 Å². The van der Waals surface area contributed by atoms with Crippen LogP contribution in [0.5, 0.6) is 0 Å². The van der Waals surface area contributed by atoms with Crippen LogP contribution in [0.1, 0.15) is 34.1 Å². The number of rotatable bonds is 6. The van der Waals surface area contributed by atoms with Crippen LogP contribution in [0.2, 0.25) is 0 Å². The van der Waals surface area contributed by atoms with Gasteiger partial charge in [-0.15, -0.1) is 0 Å². The molecule has 0 aliphatic carbocycles. The van der Waals surface area contributed by atoms with Gasteiger partial charge >= 0.3 is 5.97 Å². The highest BCUT2D eigenvalue weighted by Gasteiger charge is 2.09. The summed E-state index contributed by atoms with van der Waals surface area (Å²) in [4.78, 5) is 34.3. The second-order valence-electron chi connectivity index (χ2n) is 4.10. The minimum Gasteiger partial charge on any atom is -0.465 e. The molecule has 1 rings (SSSR count). The van der Waals surface area contributed by atoms with Gasteiger partial charge in [-0.3, -0.25) is 9.59 Å². The van der Waals surface area contributed by atoms with Gasteiger partial charge in [0.15, 0.2) is 0 Å². The predicted molar refractivity (Wildman–Crippen MR) is 73.4 cm³/mol. The van der Waals surface area contributed by atoms with Gasteiger partial charge in [-0.05, 0) is 30.7 Å². The highest BCUT2D eigenvalue weighted by Crippen LogP contribution is 2.05. The van der Waals surface area contributed by atoms with Gasteiger partial charge in [0.2, 0.25) is 5.91 Å². The first-order valence-corrected chi connectivity index (χ1v) is 6.31. The van der Waals surface area contributed by atoms with Crippen LogP contribution in [0.3, 0.4) is 0 Å². The maximum atomic E-state index is 11.8. The van der Waals surface area contributed by atoms with Gasteiger partial charge in [0, 0.05) is 12.1 Å². The molecule has 1 aromatic rings. The Hall–Kier alpha value is -2.37. The van der Waals surface area contributed by atoms with E-state index in [9.17, 15) is 14.4 Å². The van der Waals surface area contributed by atoms with E-state index in [4.69, 9.17) is 0 Å². The van der Waals surface area contributed by atoms with E-state index in [-0.39, 0.29) is 18.4 Å². The minimum absolute atomic E-state index is 0.0718. The zero-order valence-electron chi connectivity index (χ0n) is 11.6. The third-order valence-corrected chi connectivity index (χ3v) is 2.55. The van der Waals surface area contributed by atoms with Gasteiger partial charge in [-0.2, -0.15) is 0 Å². The van der Waals surface area contributed by atoms with Gasteiger partial charge in [-0.1, -0.05) is 6.92 Å². The van der Waals surface area contributed by atoms with Crippen LogP contribution >= 0.6 is 0 Å². The number of amides is 2. The van der Waals surface area contributed by atoms with Crippen LogP contribution in [0.4, 0.5) is 0 Å². The molecule has 0 fully saturated rings. The molecule has 0 bridgehead atoms. The van der Waals surface area contributed by atoms with Crippen molar-refractivity contribution in [1.29, 1.82) is 0 Å². The van der Waals surface area contributed by atoms with Crippen molar-refractivity contribution < 1.29 is 19.1 Å². The molecule has 0 spiro atoms. The van der Waals surface area contributed by atoms with Crippen molar-refractivity contribution in [3.8, 4) is 0 Å². The number of carbonyl (C=O) groups is 3. The van der Waals surface area contributed by atoms with E-state index >= 15 is 0 Å². The number of benzene rings is 1. The molecule has 6 heteroatoms. The highest BCUT2D eigenvalue weighted by atomic mass is 16.5. The zero-order chi connectivity index (χ0) is 15.0. The van der Waals surface area contributed by atoms with Crippen LogP contribution in [0, 0.1) is 0 Å². The van der Waals surface area contributed by atoms with Crippen molar-refractivity contribution in [1.82, 2.24) is 10.6 Å². The van der Waals surface area contributed by atoms with E-state index < -0.39 is 5.97 Å². The second-order valence-corrected chi connectivity index (χ2v) is 4.10. The lowest BCUT2D eigenvalue weighted by Gasteiger charge is -2.06. The lowest BCUT2D eigenvalue weighted by atomic mass is 10.1. The summed E-state index contributed by atoms with van der Waals surface area (Å²) in [5, 5.41) is 5.16. The maximum Gasteiger partial charge on any atom is 0.337 e. The molecule has 0 unspecified atom stereocenters. The van der Waals surface area contributed by atoms with E-state index in [1.54, 1.807) is 0 Å². The number of hydrogen-bond acceptors (Lipinski definition) is 4. The molecule has 108 valence electrons. The van der Waals surface area contributed by atoms with Gasteiger partial charge in [0.05, 0.1) is 19.2 Å². The Morgan fingerprint density at radius 1 is 1.05 bits per heavy atom. The summed E-state index contributed by atoms with van der Waals surface area (Å²) in [5.74, 6) is -1.06. The van der Waals surface area contributed by atoms with Gasteiger partial charge in [0.1, 0.15) is 0 Å². The molecule has 0 radical (unpaired) electrons. The fraction of sp³-hybridized carbons (Fsp3) is 0.357. The zero-order valence-corrected chi connectivity index (χ0v) is 11.6. The second kappa shape index (κ2) is 7.93. The molecule has 0 aromatic heterocycles. The third-order valence-electron chi connectivity index (χ3n) is 2.55. The Morgan fingerprint density at radius 3 is 2.20 bits per heavy atom. The smallest absolute Gasteiger partial charge is 0.337 e. The van der Waals surface area contributed by atoms with Crippen molar-refractivity contribution in [2.75, 3.05) is 20.2 Å². The van der Waals surface area contributed by atoms with Crippen LogP contribution in [-0.2, 0) is 9.53 Å². The summed E-state index contributed by atoms with van der Waals surface area (Å²) in [7, 11) is 1.29. The van der Waals surface area contributed by atoms with Gasteiger partial charge in [0.25, 0.3) is 5.91 Å². The molecule has 20 heavy (non-hydrogen) atoms. The van der Waals surface area contributed by atoms with Crippen LogP contribution in [-0.4, -0.2) is 38.0 Å². The van der Waals surface area contributed by atoms with Crippen molar-refractivity contribution in [2.45, 2.75) is 13.3 Å². The molecule has 0 heterocycles. The Bertz CT molecular complexity index is 482. The van der Waals surface area contributed by atoms with Crippen LogP contribution in [0.25, 0.3) is 0 Å². The number of hydrogen-bond donors (Lipinski definition) is 2. The first-order chi connectivity index (χ1) is 9.58. The first kappa shape index (κ1) is 15.7. The maximum absolute atomic E-state index is 11.8. The molecule has 1 aromatic carbocycles. The quantitative estimate of drug-likeness (QED) is 0.751. The molecule has 2 amide bonds. The highest BCUT2D eigenvalue weighted by molar-refractivity contribution is 5.97. The molecule has 0 atom stereocenters. The monoisotopic (exact) mass is 278 g/mol. The molecule has 0 aliphatic heterocycles. The van der Waals surface area contributed by atoms with Crippen molar-refractivity contribution in [2.24, 2.45) is 0 Å². The summed E-state index contributed by atoms with van der Waals surface area (Å²) < 4.78 is 4.56. The van der Waals surface area contributed by atoms with Gasteiger partial charge in [-0.25, -0.2) is 4.79 Å². The summed E-state index contributed by atoms with van der Waals surface area (Å²) >= 11 is 0. The molecule has 0 aliphatic rings. The molecule has 0 saturated heterocycles. The molecular weight excluding hydrogens is 260 g/mol. The fourth-order valence-corrected chi connectivity index (χ4v) is 1.47. The van der Waals surface area contributed by atoms with Crippen molar-refractivity contribution in [3.05, 3.63) is 35.4 Å². The average Bonchev–Trinajstić information content (AvgIpc) is 2.49. The predicted octanol–water partition coefficient (Wildman–Crippen LogP) is 0.729. The van der Waals surface area contributed by atoms with Crippen LogP contribution in [0.15, 0.2) is 24.3 Å². The lowest BCUT2D eigenvalue weighted by Crippen LogP contribution is -2.37. The number of methoxy groups -OCH3 is 1. The number of nitrogens with one attached hydrogen (secondary N) is 2. The van der Waals surface area contributed by atoms with Crippen molar-refractivity contribution in [3.63, 3.8) is 0 Å².